The molecule has 2 amide bonds. The Hall–Kier alpha value is -5.22. The van der Waals surface area contributed by atoms with Gasteiger partial charge in [-0.2, -0.15) is 0 Å². The number of para-hydroxylation sites is 3. The van der Waals surface area contributed by atoms with E-state index in [1.54, 1.807) is 24.1 Å². The molecule has 0 aromatic heterocycles. The Morgan fingerprint density at radius 2 is 1.52 bits per heavy atom. The van der Waals surface area contributed by atoms with Crippen LogP contribution in [-0.4, -0.2) is 44.8 Å². The number of ether oxygens (including phenoxy) is 3. The Morgan fingerprint density at radius 3 is 2.25 bits per heavy atom. The van der Waals surface area contributed by atoms with Gasteiger partial charge in [0.2, 0.25) is 0 Å². The second-order valence-corrected chi connectivity index (χ2v) is 19.1. The van der Waals surface area contributed by atoms with Gasteiger partial charge in [-0.25, -0.2) is 0 Å². The van der Waals surface area contributed by atoms with E-state index < -0.39 is 13.7 Å². The molecule has 264 valence electrons. The van der Waals surface area contributed by atoms with E-state index in [9.17, 15) is 9.90 Å². The maximum atomic E-state index is 15.2. The molecule has 4 atom stereocenters. The van der Waals surface area contributed by atoms with E-state index in [1.165, 1.54) is 5.19 Å². The molecule has 9 heteroatoms. The van der Waals surface area contributed by atoms with Crippen LogP contribution in [0.4, 0.5) is 17.1 Å². The number of hydrogen-bond donors (Lipinski definition) is 1. The number of rotatable bonds is 8. The molecule has 0 radical (unpaired) electrons. The van der Waals surface area contributed by atoms with Crippen molar-refractivity contribution in [3.63, 3.8) is 0 Å². The van der Waals surface area contributed by atoms with E-state index in [-0.39, 0.29) is 36.0 Å². The molecule has 8 rings (SSSR count). The highest BCUT2D eigenvalue weighted by Crippen LogP contribution is 2.61. The summed E-state index contributed by atoms with van der Waals surface area (Å²) in [4.78, 5) is 33.2. The first kappa shape index (κ1) is 33.9. The zero-order valence-corrected chi connectivity index (χ0v) is 30.8. The van der Waals surface area contributed by atoms with E-state index in [0.717, 1.165) is 22.6 Å². The van der Waals surface area contributed by atoms with E-state index in [1.807, 2.05) is 102 Å². The van der Waals surface area contributed by atoms with Crippen LogP contribution >= 0.6 is 0 Å². The van der Waals surface area contributed by atoms with Gasteiger partial charge in [-0.15, -0.1) is 0 Å². The van der Waals surface area contributed by atoms with E-state index >= 15 is 4.79 Å². The standard InChI is InChI=1S/C43H42N2O6Si/c1-28-40(52(3,4)32-21-19-31(49-2)20-22-32)39(24-25-46)51-43(28)34-26-30(18-23-35(34)44(42(43)48)27-29-12-6-5-7-13-29)45-36-15-9-11-17-38(36)50-37-16-10-8-14-33(37)41(45)47/h5-23,26,28,39-40,46H,24-25,27H2,1-4H3/t28-,39+,40-,43+/m0/s1. The van der Waals surface area contributed by atoms with Crippen LogP contribution in [0.3, 0.4) is 0 Å². The summed E-state index contributed by atoms with van der Waals surface area (Å²) < 4.78 is 19.0. The van der Waals surface area contributed by atoms with Gasteiger partial charge in [-0.3, -0.25) is 14.5 Å². The lowest BCUT2D eigenvalue weighted by atomic mass is 9.82. The fraction of sp³-hybridized carbons (Fsp3) is 0.256. The summed E-state index contributed by atoms with van der Waals surface area (Å²) in [6.07, 6.45) is 0.0258. The minimum atomic E-state index is -2.38. The third-order valence-corrected chi connectivity index (χ3v) is 15.7. The van der Waals surface area contributed by atoms with E-state index in [0.29, 0.717) is 41.4 Å². The normalized spacial score (nSPS) is 22.1. The quantitative estimate of drug-likeness (QED) is 0.165. The van der Waals surface area contributed by atoms with Crippen molar-refractivity contribution in [2.75, 3.05) is 23.5 Å². The van der Waals surface area contributed by atoms with Gasteiger partial charge in [0, 0.05) is 23.8 Å². The smallest absolute Gasteiger partial charge is 0.266 e. The minimum absolute atomic E-state index is 0.0222. The molecule has 1 N–H and O–H groups in total. The van der Waals surface area contributed by atoms with Crippen molar-refractivity contribution in [1.82, 2.24) is 0 Å². The summed E-state index contributed by atoms with van der Waals surface area (Å²) in [5.41, 5.74) is 2.76. The van der Waals surface area contributed by atoms with Crippen molar-refractivity contribution in [3.8, 4) is 17.2 Å². The third kappa shape index (κ3) is 5.26. The highest BCUT2D eigenvalue weighted by Gasteiger charge is 2.66. The summed E-state index contributed by atoms with van der Waals surface area (Å²) in [5, 5.41) is 11.6. The molecule has 1 saturated heterocycles. The Labute approximate surface area is 305 Å². The van der Waals surface area contributed by atoms with Crippen LogP contribution < -0.4 is 24.5 Å². The summed E-state index contributed by atoms with van der Waals surface area (Å²) in [5.74, 6) is 1.21. The number of nitrogens with zero attached hydrogens (tertiary/aromatic N) is 2. The predicted molar refractivity (Wildman–Crippen MR) is 205 cm³/mol. The van der Waals surface area contributed by atoms with Crippen LogP contribution in [0.1, 0.15) is 34.8 Å². The maximum Gasteiger partial charge on any atom is 0.266 e. The van der Waals surface area contributed by atoms with Gasteiger partial charge in [0.25, 0.3) is 11.8 Å². The van der Waals surface area contributed by atoms with Crippen molar-refractivity contribution in [3.05, 3.63) is 138 Å². The highest BCUT2D eigenvalue weighted by atomic mass is 28.3. The molecule has 0 unspecified atom stereocenters. The summed E-state index contributed by atoms with van der Waals surface area (Å²) in [6.45, 7) is 7.09. The van der Waals surface area contributed by atoms with Crippen molar-refractivity contribution >= 4 is 42.1 Å². The van der Waals surface area contributed by atoms with Crippen molar-refractivity contribution < 1.29 is 28.9 Å². The first-order valence-electron chi connectivity index (χ1n) is 17.8. The molecular formula is C43H42N2O6Si. The number of aliphatic hydroxyl groups excluding tert-OH is 1. The molecule has 1 spiro atoms. The fourth-order valence-electron chi connectivity index (χ4n) is 8.83. The number of methoxy groups -OCH3 is 1. The molecule has 3 aliphatic rings. The average Bonchev–Trinajstić information content (AvgIpc) is 3.53. The van der Waals surface area contributed by atoms with Gasteiger partial charge >= 0.3 is 0 Å². The number of aliphatic hydroxyl groups is 1. The molecule has 1 fully saturated rings. The molecule has 5 aromatic rings. The van der Waals surface area contributed by atoms with E-state index in [4.69, 9.17) is 14.2 Å². The Bertz CT molecular complexity index is 2160. The van der Waals surface area contributed by atoms with Gasteiger partial charge in [-0.1, -0.05) is 91.9 Å². The van der Waals surface area contributed by atoms with Crippen molar-refractivity contribution in [1.29, 1.82) is 0 Å². The van der Waals surface area contributed by atoms with Crippen LogP contribution in [0.2, 0.25) is 18.6 Å². The lowest BCUT2D eigenvalue weighted by molar-refractivity contribution is -0.146. The van der Waals surface area contributed by atoms with Gasteiger partial charge in [0.15, 0.2) is 11.4 Å². The van der Waals surface area contributed by atoms with E-state index in [2.05, 4.69) is 32.2 Å². The zero-order chi connectivity index (χ0) is 36.2. The predicted octanol–water partition coefficient (Wildman–Crippen LogP) is 7.92. The number of fused-ring (bicyclic) bond motifs is 4. The van der Waals surface area contributed by atoms with Crippen molar-refractivity contribution in [2.45, 2.75) is 50.2 Å². The Kier molecular flexibility index (Phi) is 8.52. The van der Waals surface area contributed by atoms with Crippen LogP contribution in [0.15, 0.2) is 121 Å². The molecule has 8 nitrogen and oxygen atoms in total. The summed E-state index contributed by atoms with van der Waals surface area (Å²) >= 11 is 0. The maximum absolute atomic E-state index is 15.2. The molecular weight excluding hydrogens is 669 g/mol. The number of hydrogen-bond acceptors (Lipinski definition) is 6. The lowest BCUT2D eigenvalue weighted by Crippen LogP contribution is -2.51. The molecule has 5 aromatic carbocycles. The molecule has 3 heterocycles. The number of carbonyl (C=O) groups excluding carboxylic acids is 2. The third-order valence-electron chi connectivity index (χ3n) is 11.3. The first-order valence-corrected chi connectivity index (χ1v) is 20.9. The Balaban J connectivity index is 1.30. The number of benzene rings is 5. The number of amides is 2. The van der Waals surface area contributed by atoms with Gasteiger partial charge in [0.1, 0.15) is 11.5 Å². The number of anilines is 3. The number of carbonyl (C=O) groups is 2. The van der Waals surface area contributed by atoms with Crippen molar-refractivity contribution in [2.24, 2.45) is 5.92 Å². The van der Waals surface area contributed by atoms with Gasteiger partial charge in [0.05, 0.1) is 44.8 Å². The summed E-state index contributed by atoms with van der Waals surface area (Å²) in [7, 11) is -0.720. The molecule has 3 aliphatic heterocycles. The topological polar surface area (TPSA) is 88.5 Å². The largest absolute Gasteiger partial charge is 0.497 e. The molecule has 0 saturated carbocycles. The minimum Gasteiger partial charge on any atom is -0.497 e. The summed E-state index contributed by atoms with van der Waals surface area (Å²) in [6, 6.07) is 38.8. The second kappa shape index (κ2) is 13.1. The lowest BCUT2D eigenvalue weighted by Gasteiger charge is -2.37. The molecule has 0 aliphatic carbocycles. The van der Waals surface area contributed by atoms with Crippen LogP contribution in [-0.2, 0) is 21.7 Å². The fourth-order valence-corrected chi connectivity index (χ4v) is 12.9. The van der Waals surface area contributed by atoms with Crippen LogP contribution in [0.25, 0.3) is 0 Å². The molecule has 52 heavy (non-hydrogen) atoms. The van der Waals surface area contributed by atoms with Crippen LogP contribution in [0.5, 0.6) is 17.2 Å². The average molecular weight is 711 g/mol. The van der Waals surface area contributed by atoms with Gasteiger partial charge < -0.3 is 24.2 Å². The first-order chi connectivity index (χ1) is 25.2. The van der Waals surface area contributed by atoms with Gasteiger partial charge in [-0.05, 0) is 72.1 Å². The monoisotopic (exact) mass is 710 g/mol. The molecule has 0 bridgehead atoms. The SMILES string of the molecule is COc1ccc([Si](C)(C)[C@@H]2[C@@H](CCO)O[C@]3(C(=O)N(Cc4ccccc4)c4ccc(N5C(=O)c6ccccc6Oc6ccccc65)cc43)[C@H]2C)cc1. The van der Waals surface area contributed by atoms with Crippen LogP contribution in [0, 0.1) is 5.92 Å². The second-order valence-electron chi connectivity index (χ2n) is 14.5. The highest BCUT2D eigenvalue weighted by molar-refractivity contribution is 6.91. The zero-order valence-electron chi connectivity index (χ0n) is 29.8. The Morgan fingerprint density at radius 1 is 0.827 bits per heavy atom.